The van der Waals surface area contributed by atoms with Crippen molar-refractivity contribution in [2.75, 3.05) is 0 Å². The Balaban J connectivity index is 1.67. The Morgan fingerprint density at radius 1 is 1.06 bits per heavy atom. The number of barbiturate groups is 1. The summed E-state index contributed by atoms with van der Waals surface area (Å²) in [4.78, 5) is 49.5. The summed E-state index contributed by atoms with van der Waals surface area (Å²) in [7, 11) is 0. The predicted molar refractivity (Wildman–Crippen MR) is 119 cm³/mol. The van der Waals surface area contributed by atoms with E-state index in [1.54, 1.807) is 56.3 Å². The van der Waals surface area contributed by atoms with E-state index in [0.29, 0.717) is 11.3 Å². The molecule has 1 aromatic heterocycles. The first-order chi connectivity index (χ1) is 15.8. The number of nitrogens with one attached hydrogen (secondary N) is 1. The molecule has 4 amide bonds. The van der Waals surface area contributed by atoms with E-state index < -0.39 is 28.8 Å². The molecule has 1 fully saturated rings. The molecule has 9 nitrogen and oxygen atoms in total. The summed E-state index contributed by atoms with van der Waals surface area (Å²) in [5.74, 6) is -1.04. The smallest absolute Gasteiger partial charge is 0.331 e. The van der Waals surface area contributed by atoms with Gasteiger partial charge in [0.25, 0.3) is 17.5 Å². The summed E-state index contributed by atoms with van der Waals surface area (Å²) >= 11 is 0. The van der Waals surface area contributed by atoms with Crippen LogP contribution in [-0.2, 0) is 9.59 Å². The third-order valence-electron chi connectivity index (χ3n) is 5.41. The minimum atomic E-state index is -0.828. The number of carbonyl (C=O) groups is 3. The Hall–Kier alpha value is -4.53. The number of imide groups is 2. The Labute approximate surface area is 188 Å². The second-order valence-electron chi connectivity index (χ2n) is 7.54. The second-order valence-corrected chi connectivity index (χ2v) is 7.54. The van der Waals surface area contributed by atoms with Gasteiger partial charge in [0.15, 0.2) is 0 Å². The molecule has 1 aliphatic rings. The summed E-state index contributed by atoms with van der Waals surface area (Å²) in [6, 6.07) is 15.1. The Morgan fingerprint density at radius 2 is 1.79 bits per heavy atom. The fourth-order valence-electron chi connectivity index (χ4n) is 3.61. The zero-order valence-electron chi connectivity index (χ0n) is 17.8. The van der Waals surface area contributed by atoms with Gasteiger partial charge in [0.1, 0.15) is 17.1 Å². The van der Waals surface area contributed by atoms with Crippen LogP contribution in [0.1, 0.15) is 29.9 Å². The number of benzene rings is 2. The van der Waals surface area contributed by atoms with Crippen LogP contribution in [0.15, 0.2) is 70.7 Å². The molecule has 0 aliphatic carbocycles. The normalized spacial score (nSPS) is 16.1. The molecule has 2 heterocycles. The Morgan fingerprint density at radius 3 is 2.48 bits per heavy atom. The van der Waals surface area contributed by atoms with E-state index in [0.717, 1.165) is 16.0 Å². The lowest BCUT2D eigenvalue weighted by Crippen LogP contribution is -2.54. The first-order valence-electron chi connectivity index (χ1n) is 10.1. The number of nitro benzene ring substituents is 1. The van der Waals surface area contributed by atoms with Gasteiger partial charge in [0.05, 0.1) is 11.0 Å². The van der Waals surface area contributed by atoms with E-state index in [2.05, 4.69) is 5.32 Å². The van der Waals surface area contributed by atoms with E-state index in [-0.39, 0.29) is 17.0 Å². The number of carbonyl (C=O) groups excluding carboxylic acids is 3. The van der Waals surface area contributed by atoms with Gasteiger partial charge in [-0.3, -0.25) is 29.9 Å². The molecule has 0 saturated carbocycles. The van der Waals surface area contributed by atoms with Crippen molar-refractivity contribution in [2.45, 2.75) is 19.9 Å². The molecule has 2 aromatic carbocycles. The van der Waals surface area contributed by atoms with Crippen molar-refractivity contribution in [3.63, 3.8) is 0 Å². The Kier molecular flexibility index (Phi) is 5.61. The zero-order chi connectivity index (χ0) is 23.7. The number of furan rings is 1. The fraction of sp³-hybridized carbons (Fsp3) is 0.125. The molecule has 166 valence electrons. The quantitative estimate of drug-likeness (QED) is 0.269. The topological polar surface area (TPSA) is 123 Å². The number of rotatable bonds is 5. The molecule has 3 aromatic rings. The van der Waals surface area contributed by atoms with Crippen molar-refractivity contribution in [3.05, 3.63) is 93.2 Å². The first-order valence-corrected chi connectivity index (χ1v) is 10.1. The van der Waals surface area contributed by atoms with E-state index in [1.807, 2.05) is 6.07 Å². The van der Waals surface area contributed by atoms with Crippen LogP contribution in [0.5, 0.6) is 0 Å². The van der Waals surface area contributed by atoms with Crippen LogP contribution < -0.4 is 5.32 Å². The maximum Gasteiger partial charge on any atom is 0.331 e. The maximum absolute atomic E-state index is 13.1. The first kappa shape index (κ1) is 21.7. The number of nitrogens with zero attached hydrogens (tertiary/aromatic N) is 2. The second kappa shape index (κ2) is 8.54. The molecule has 9 heteroatoms. The molecular formula is C24H19N3O6. The van der Waals surface area contributed by atoms with Crippen LogP contribution in [0.2, 0.25) is 0 Å². The number of hydrogen-bond donors (Lipinski definition) is 1. The van der Waals surface area contributed by atoms with Crippen molar-refractivity contribution in [1.29, 1.82) is 0 Å². The molecule has 0 radical (unpaired) electrons. The standard InChI is InChI=1S/C24H19N3O6/c1-14-8-9-17(27(31)32)12-19(14)21-11-10-18(33-21)13-20-22(28)25-24(30)26(23(20)29)15(2)16-6-4-3-5-7-16/h3-13,15H,1-2H3,(H,25,28,30)/b20-13-/t15-/m0/s1. The Bertz CT molecular complexity index is 1310. The van der Waals surface area contributed by atoms with Gasteiger partial charge < -0.3 is 4.42 Å². The van der Waals surface area contributed by atoms with Crippen LogP contribution in [0, 0.1) is 17.0 Å². The highest BCUT2D eigenvalue weighted by Crippen LogP contribution is 2.31. The minimum Gasteiger partial charge on any atom is -0.457 e. The largest absolute Gasteiger partial charge is 0.457 e. The number of aryl methyl sites for hydroxylation is 1. The fourth-order valence-corrected chi connectivity index (χ4v) is 3.61. The molecule has 1 N–H and O–H groups in total. The predicted octanol–water partition coefficient (Wildman–Crippen LogP) is 4.39. The summed E-state index contributed by atoms with van der Waals surface area (Å²) in [5.41, 5.74) is 1.67. The molecular weight excluding hydrogens is 426 g/mol. The van der Waals surface area contributed by atoms with Crippen LogP contribution in [0.3, 0.4) is 0 Å². The number of nitro groups is 1. The summed E-state index contributed by atoms with van der Waals surface area (Å²) < 4.78 is 5.76. The lowest BCUT2D eigenvalue weighted by Gasteiger charge is -2.31. The molecule has 4 rings (SSSR count). The van der Waals surface area contributed by atoms with Gasteiger partial charge in [0.2, 0.25) is 0 Å². The van der Waals surface area contributed by atoms with Gasteiger partial charge in [-0.25, -0.2) is 4.79 Å². The van der Waals surface area contributed by atoms with E-state index >= 15 is 0 Å². The van der Waals surface area contributed by atoms with Gasteiger partial charge >= 0.3 is 6.03 Å². The molecule has 33 heavy (non-hydrogen) atoms. The van der Waals surface area contributed by atoms with Gasteiger partial charge in [-0.1, -0.05) is 36.4 Å². The monoisotopic (exact) mass is 445 g/mol. The van der Waals surface area contributed by atoms with Gasteiger partial charge in [-0.15, -0.1) is 0 Å². The van der Waals surface area contributed by atoms with E-state index in [4.69, 9.17) is 4.42 Å². The van der Waals surface area contributed by atoms with Crippen LogP contribution in [0.25, 0.3) is 17.4 Å². The van der Waals surface area contributed by atoms with Gasteiger partial charge in [-0.2, -0.15) is 0 Å². The lowest BCUT2D eigenvalue weighted by atomic mass is 10.0. The highest BCUT2D eigenvalue weighted by Gasteiger charge is 2.39. The van der Waals surface area contributed by atoms with Crippen LogP contribution in [-0.4, -0.2) is 27.7 Å². The molecule has 0 unspecified atom stereocenters. The van der Waals surface area contributed by atoms with Gasteiger partial charge in [-0.05, 0) is 43.2 Å². The molecule has 0 bridgehead atoms. The summed E-state index contributed by atoms with van der Waals surface area (Å²) in [6.07, 6.45) is 1.25. The van der Waals surface area contributed by atoms with Crippen LogP contribution >= 0.6 is 0 Å². The molecule has 1 saturated heterocycles. The average molecular weight is 445 g/mol. The third kappa shape index (κ3) is 4.16. The van der Waals surface area contributed by atoms with Crippen LogP contribution in [0.4, 0.5) is 10.5 Å². The van der Waals surface area contributed by atoms with E-state index in [9.17, 15) is 24.5 Å². The molecule has 0 spiro atoms. The number of amides is 4. The van der Waals surface area contributed by atoms with Gasteiger partial charge in [0, 0.05) is 17.7 Å². The highest BCUT2D eigenvalue weighted by molar-refractivity contribution is 6.31. The van der Waals surface area contributed by atoms with Crippen molar-refractivity contribution in [3.8, 4) is 11.3 Å². The minimum absolute atomic E-state index is 0.0854. The van der Waals surface area contributed by atoms with Crippen molar-refractivity contribution in [1.82, 2.24) is 10.2 Å². The number of urea groups is 1. The third-order valence-corrected chi connectivity index (χ3v) is 5.41. The van der Waals surface area contributed by atoms with E-state index in [1.165, 1.54) is 18.2 Å². The zero-order valence-corrected chi connectivity index (χ0v) is 17.8. The summed E-state index contributed by atoms with van der Waals surface area (Å²) in [5, 5.41) is 13.3. The average Bonchev–Trinajstić information content (AvgIpc) is 3.25. The van der Waals surface area contributed by atoms with Crippen molar-refractivity contribution in [2.24, 2.45) is 0 Å². The lowest BCUT2D eigenvalue weighted by molar-refractivity contribution is -0.384. The molecule has 1 atom stereocenters. The summed E-state index contributed by atoms with van der Waals surface area (Å²) in [6.45, 7) is 3.47. The SMILES string of the molecule is Cc1ccc([N+](=O)[O-])cc1-c1ccc(/C=C2/C(=O)NC(=O)N([C@@H](C)c3ccccc3)C2=O)o1. The number of hydrogen-bond acceptors (Lipinski definition) is 6. The van der Waals surface area contributed by atoms with Crippen molar-refractivity contribution >= 4 is 29.6 Å². The highest BCUT2D eigenvalue weighted by atomic mass is 16.6. The molecule has 1 aliphatic heterocycles. The van der Waals surface area contributed by atoms with Crippen molar-refractivity contribution < 1.29 is 23.7 Å². The maximum atomic E-state index is 13.1. The number of non-ortho nitro benzene ring substituents is 1.